The molecule has 3 fully saturated rings. The molecule has 3 N–H and O–H groups in total. The molecule has 1 aromatic rings. The van der Waals surface area contributed by atoms with Crippen molar-refractivity contribution < 1.29 is 23.4 Å². The van der Waals surface area contributed by atoms with Crippen molar-refractivity contribution in [1.29, 1.82) is 0 Å². The highest BCUT2D eigenvalue weighted by atomic mass is 19.3. The third-order valence-electron chi connectivity index (χ3n) is 7.64. The molecular weight excluding hydrogens is 415 g/mol. The zero-order valence-electron chi connectivity index (χ0n) is 17.2. The van der Waals surface area contributed by atoms with Crippen LogP contribution in [0, 0.1) is 11.3 Å². The minimum atomic E-state index is -3.19. The van der Waals surface area contributed by atoms with Gasteiger partial charge in [0.05, 0.1) is 29.3 Å². The molecule has 0 aromatic carbocycles. The molecule has 1 saturated heterocycles. The second kappa shape index (κ2) is 7.05. The van der Waals surface area contributed by atoms with Crippen LogP contribution in [0.4, 0.5) is 13.2 Å². The first-order valence-corrected chi connectivity index (χ1v) is 10.7. The number of aromatic nitrogens is 2. The predicted molar refractivity (Wildman–Crippen MR) is 106 cm³/mol. The van der Waals surface area contributed by atoms with Crippen LogP contribution in [-0.2, 0) is 0 Å². The molecule has 1 aliphatic heterocycles. The number of halogens is 3. The molecular formula is C21H26F3N3O4. The smallest absolute Gasteiger partial charge is 0.329 e. The molecule has 7 nitrogen and oxygen atoms in total. The van der Waals surface area contributed by atoms with Gasteiger partial charge in [-0.2, -0.15) is 0 Å². The molecule has 4 aliphatic rings. The normalized spacial score (nSPS) is 30.9. The number of likely N-dealkylation sites (tertiary alicyclic amines) is 1. The average Bonchev–Trinajstić information content (AvgIpc) is 3.61. The number of H-pyrrole nitrogens is 1. The maximum absolute atomic E-state index is 15.7. The van der Waals surface area contributed by atoms with Gasteiger partial charge in [0.1, 0.15) is 6.17 Å². The summed E-state index contributed by atoms with van der Waals surface area (Å²) in [4.78, 5) is 28.9. The lowest BCUT2D eigenvalue weighted by Gasteiger charge is -2.35. The van der Waals surface area contributed by atoms with E-state index in [2.05, 4.69) is 4.98 Å². The second-order valence-corrected chi connectivity index (χ2v) is 9.52. The van der Waals surface area contributed by atoms with E-state index in [1.807, 2.05) is 0 Å². The summed E-state index contributed by atoms with van der Waals surface area (Å²) in [6, 6.07) is -1.25. The van der Waals surface area contributed by atoms with Gasteiger partial charge in [0, 0.05) is 30.6 Å². The van der Waals surface area contributed by atoms with Gasteiger partial charge in [-0.25, -0.2) is 18.0 Å². The van der Waals surface area contributed by atoms with Crippen LogP contribution in [0.2, 0.25) is 0 Å². The van der Waals surface area contributed by atoms with Crippen LogP contribution in [0.25, 0.3) is 11.1 Å². The first kappa shape index (κ1) is 21.0. The number of aliphatic hydroxyl groups excluding tert-OH is 2. The third kappa shape index (κ3) is 3.06. The monoisotopic (exact) mass is 441 g/mol. The van der Waals surface area contributed by atoms with Crippen LogP contribution in [0.3, 0.4) is 0 Å². The Morgan fingerprint density at radius 2 is 1.94 bits per heavy atom. The maximum atomic E-state index is 15.7. The lowest BCUT2D eigenvalue weighted by molar-refractivity contribution is 0.0305. The largest absolute Gasteiger partial charge is 0.394 e. The molecule has 5 rings (SSSR count). The minimum absolute atomic E-state index is 0.112. The molecule has 2 saturated carbocycles. The number of alkyl halides is 3. The lowest BCUT2D eigenvalue weighted by atomic mass is 9.88. The van der Waals surface area contributed by atoms with Gasteiger partial charge in [-0.3, -0.25) is 19.2 Å². The summed E-state index contributed by atoms with van der Waals surface area (Å²) in [6.45, 7) is 1.86. The molecule has 3 aliphatic carbocycles. The fourth-order valence-corrected chi connectivity index (χ4v) is 5.83. The molecule has 4 unspecified atom stereocenters. The van der Waals surface area contributed by atoms with E-state index in [0.717, 1.165) is 12.8 Å². The first-order chi connectivity index (χ1) is 14.7. The van der Waals surface area contributed by atoms with Gasteiger partial charge in [0.15, 0.2) is 0 Å². The van der Waals surface area contributed by atoms with E-state index in [1.54, 1.807) is 11.8 Å². The lowest BCUT2D eigenvalue weighted by Crippen LogP contribution is -2.62. The van der Waals surface area contributed by atoms with Gasteiger partial charge in [-0.05, 0) is 43.6 Å². The van der Waals surface area contributed by atoms with Gasteiger partial charge in [0.25, 0.3) is 12.0 Å². The standard InChI is InChI=1S/C21H26F3N3O4/c1-9-16-14(19(30)25-20(31)27(16)10-2-3-10)13(18(23)24)15(22)17(9)26-6-11(12(29)7-28)21(8-26)4-5-21/h10-12,15,17-18,28-29H,2-8H2,1H3,(H,25,30,31). The number of nitrogens with one attached hydrogen (secondary N) is 1. The third-order valence-corrected chi connectivity index (χ3v) is 7.64. The first-order valence-electron chi connectivity index (χ1n) is 10.7. The number of aliphatic hydroxyl groups is 2. The van der Waals surface area contributed by atoms with Gasteiger partial charge in [-0.15, -0.1) is 0 Å². The van der Waals surface area contributed by atoms with Crippen LogP contribution in [0.1, 0.15) is 38.6 Å². The number of aromatic amines is 1. The molecule has 1 aromatic heterocycles. The molecule has 4 atom stereocenters. The molecule has 1 spiro atoms. The van der Waals surface area contributed by atoms with Gasteiger partial charge in [0.2, 0.25) is 0 Å². The molecule has 0 amide bonds. The summed E-state index contributed by atoms with van der Waals surface area (Å²) < 4.78 is 45.2. The molecule has 170 valence electrons. The van der Waals surface area contributed by atoms with Crippen LogP contribution < -0.4 is 21.8 Å². The fraction of sp³-hybridized carbons (Fsp3) is 0.714. The summed E-state index contributed by atoms with van der Waals surface area (Å²) in [5.41, 5.74) is -2.39. The fourth-order valence-electron chi connectivity index (χ4n) is 5.83. The number of nitrogens with zero attached hydrogens (tertiary/aromatic N) is 2. The Bertz CT molecular complexity index is 1150. The van der Waals surface area contributed by atoms with Crippen LogP contribution in [-0.4, -0.2) is 69.1 Å². The van der Waals surface area contributed by atoms with Crippen molar-refractivity contribution in [2.45, 2.75) is 63.4 Å². The van der Waals surface area contributed by atoms with Crippen molar-refractivity contribution in [3.05, 3.63) is 31.4 Å². The minimum Gasteiger partial charge on any atom is -0.394 e. The zero-order chi connectivity index (χ0) is 22.2. The summed E-state index contributed by atoms with van der Waals surface area (Å²) >= 11 is 0. The van der Waals surface area contributed by atoms with Crippen LogP contribution >= 0.6 is 0 Å². The zero-order valence-corrected chi connectivity index (χ0v) is 17.2. The van der Waals surface area contributed by atoms with Crippen molar-refractivity contribution in [2.24, 2.45) is 11.3 Å². The van der Waals surface area contributed by atoms with Crippen LogP contribution in [0.5, 0.6) is 0 Å². The maximum Gasteiger partial charge on any atom is 0.329 e. The van der Waals surface area contributed by atoms with Crippen LogP contribution in [0.15, 0.2) is 9.59 Å². The Hall–Kier alpha value is -1.91. The Labute approximate surface area is 175 Å². The molecule has 2 heterocycles. The van der Waals surface area contributed by atoms with E-state index >= 15 is 4.39 Å². The number of hydrogen-bond donors (Lipinski definition) is 3. The molecule has 31 heavy (non-hydrogen) atoms. The highest BCUT2D eigenvalue weighted by Crippen LogP contribution is 2.58. The second-order valence-electron chi connectivity index (χ2n) is 9.52. The van der Waals surface area contributed by atoms with E-state index in [4.69, 9.17) is 0 Å². The van der Waals surface area contributed by atoms with E-state index in [0.29, 0.717) is 25.0 Å². The quantitative estimate of drug-likeness (QED) is 0.558. The highest BCUT2D eigenvalue weighted by molar-refractivity contribution is 5.65. The SMILES string of the molecule is CC1=c2c(c(=O)[nH]c(=O)n2C2CC2)=C(C(F)F)C(F)C1N1CC(C(O)CO)C2(CC2)C1. The summed E-state index contributed by atoms with van der Waals surface area (Å²) in [5.74, 6) is -0.279. The van der Waals surface area contributed by atoms with Crippen molar-refractivity contribution in [3.8, 4) is 0 Å². The molecule has 10 heteroatoms. The number of fused-ring (bicyclic) bond motifs is 1. The molecule has 0 bridgehead atoms. The van der Waals surface area contributed by atoms with Crippen molar-refractivity contribution in [1.82, 2.24) is 14.5 Å². The number of hydrogen-bond acceptors (Lipinski definition) is 5. The van der Waals surface area contributed by atoms with E-state index in [-0.39, 0.29) is 29.3 Å². The Balaban J connectivity index is 1.71. The predicted octanol–water partition coefficient (Wildman–Crippen LogP) is -0.757. The van der Waals surface area contributed by atoms with Crippen molar-refractivity contribution >= 4 is 11.1 Å². The van der Waals surface area contributed by atoms with Crippen molar-refractivity contribution in [3.63, 3.8) is 0 Å². The molecule has 0 radical (unpaired) electrons. The van der Waals surface area contributed by atoms with E-state index < -0.39 is 53.4 Å². The Morgan fingerprint density at radius 3 is 2.48 bits per heavy atom. The highest BCUT2D eigenvalue weighted by Gasteiger charge is 2.59. The summed E-state index contributed by atoms with van der Waals surface area (Å²) in [5, 5.41) is 19.4. The van der Waals surface area contributed by atoms with E-state index in [1.165, 1.54) is 4.57 Å². The van der Waals surface area contributed by atoms with E-state index in [9.17, 15) is 28.6 Å². The van der Waals surface area contributed by atoms with Crippen molar-refractivity contribution in [2.75, 3.05) is 19.7 Å². The van der Waals surface area contributed by atoms with Gasteiger partial charge < -0.3 is 10.2 Å². The summed E-state index contributed by atoms with van der Waals surface area (Å²) in [6.07, 6.45) is -3.24. The average molecular weight is 441 g/mol. The van der Waals surface area contributed by atoms with Gasteiger partial charge >= 0.3 is 5.69 Å². The Morgan fingerprint density at radius 1 is 1.26 bits per heavy atom. The summed E-state index contributed by atoms with van der Waals surface area (Å²) in [7, 11) is 0. The topological polar surface area (TPSA) is 98.6 Å². The Kier molecular flexibility index (Phi) is 4.76. The number of rotatable bonds is 5. The van der Waals surface area contributed by atoms with Gasteiger partial charge in [-0.1, -0.05) is 0 Å².